The zero-order valence-corrected chi connectivity index (χ0v) is 9.72. The van der Waals surface area contributed by atoms with Gasteiger partial charge in [0.05, 0.1) is 16.8 Å². The number of halogens is 1. The molecule has 0 radical (unpaired) electrons. The summed E-state index contributed by atoms with van der Waals surface area (Å²) in [4.78, 5) is 15.8. The first-order valence-corrected chi connectivity index (χ1v) is 5.32. The van der Waals surface area contributed by atoms with E-state index in [-0.39, 0.29) is 22.5 Å². The fraction of sp³-hybridized carbons (Fsp3) is 0. The standard InChI is InChI=1S/C13H9FN4O/c14-9-1-2-12(8(5-9)6-15)18-13(19)10-7-17-4-3-11(10)16/h1-5,7H,(H2,16,17)(H,18,19). The number of anilines is 2. The lowest BCUT2D eigenvalue weighted by molar-refractivity contribution is 0.102. The number of benzene rings is 1. The van der Waals surface area contributed by atoms with Crippen LogP contribution in [0.3, 0.4) is 0 Å². The zero-order valence-electron chi connectivity index (χ0n) is 9.72. The summed E-state index contributed by atoms with van der Waals surface area (Å²) in [5, 5.41) is 11.4. The summed E-state index contributed by atoms with van der Waals surface area (Å²) in [6.45, 7) is 0. The van der Waals surface area contributed by atoms with Gasteiger partial charge in [-0.15, -0.1) is 0 Å². The van der Waals surface area contributed by atoms with Gasteiger partial charge in [-0.05, 0) is 24.3 Å². The SMILES string of the molecule is N#Cc1cc(F)ccc1NC(=O)c1cnccc1N. The Morgan fingerprint density at radius 2 is 2.21 bits per heavy atom. The van der Waals surface area contributed by atoms with E-state index in [1.807, 2.05) is 0 Å². The van der Waals surface area contributed by atoms with Crippen LogP contribution in [-0.4, -0.2) is 10.9 Å². The van der Waals surface area contributed by atoms with E-state index >= 15 is 0 Å². The van der Waals surface area contributed by atoms with Gasteiger partial charge < -0.3 is 11.1 Å². The number of rotatable bonds is 2. The molecule has 19 heavy (non-hydrogen) atoms. The van der Waals surface area contributed by atoms with Gasteiger partial charge >= 0.3 is 0 Å². The summed E-state index contributed by atoms with van der Waals surface area (Å²) in [5.74, 6) is -1.05. The highest BCUT2D eigenvalue weighted by Crippen LogP contribution is 2.18. The van der Waals surface area contributed by atoms with E-state index < -0.39 is 11.7 Å². The first kappa shape index (κ1) is 12.5. The van der Waals surface area contributed by atoms with Crippen LogP contribution in [0.25, 0.3) is 0 Å². The number of nitrogens with zero attached hydrogens (tertiary/aromatic N) is 2. The summed E-state index contributed by atoms with van der Waals surface area (Å²) in [7, 11) is 0. The molecule has 0 aliphatic carbocycles. The van der Waals surface area contributed by atoms with Crippen LogP contribution >= 0.6 is 0 Å². The van der Waals surface area contributed by atoms with E-state index in [2.05, 4.69) is 10.3 Å². The van der Waals surface area contributed by atoms with Crippen LogP contribution in [0.5, 0.6) is 0 Å². The molecule has 0 saturated carbocycles. The van der Waals surface area contributed by atoms with Crippen molar-refractivity contribution in [1.29, 1.82) is 5.26 Å². The highest BCUT2D eigenvalue weighted by atomic mass is 19.1. The van der Waals surface area contributed by atoms with E-state index in [0.717, 1.165) is 12.1 Å². The van der Waals surface area contributed by atoms with Crippen LogP contribution in [0.4, 0.5) is 15.8 Å². The highest BCUT2D eigenvalue weighted by molar-refractivity contribution is 6.07. The second-order valence-electron chi connectivity index (χ2n) is 3.72. The Bertz CT molecular complexity index is 679. The van der Waals surface area contributed by atoms with Gasteiger partial charge in [-0.2, -0.15) is 5.26 Å². The average Bonchev–Trinajstić information content (AvgIpc) is 2.41. The molecule has 1 heterocycles. The zero-order chi connectivity index (χ0) is 13.8. The van der Waals surface area contributed by atoms with Crippen LogP contribution in [0.1, 0.15) is 15.9 Å². The maximum atomic E-state index is 13.0. The highest BCUT2D eigenvalue weighted by Gasteiger charge is 2.12. The quantitative estimate of drug-likeness (QED) is 0.858. The third-order valence-corrected chi connectivity index (χ3v) is 2.45. The maximum Gasteiger partial charge on any atom is 0.259 e. The summed E-state index contributed by atoms with van der Waals surface area (Å²) in [5.41, 5.74) is 6.36. The minimum atomic E-state index is -0.546. The lowest BCUT2D eigenvalue weighted by atomic mass is 10.1. The van der Waals surface area contributed by atoms with Gasteiger partial charge in [0.25, 0.3) is 5.91 Å². The smallest absolute Gasteiger partial charge is 0.259 e. The molecule has 94 valence electrons. The van der Waals surface area contributed by atoms with Crippen molar-refractivity contribution in [3.8, 4) is 6.07 Å². The molecule has 2 rings (SSSR count). The van der Waals surface area contributed by atoms with Gasteiger partial charge in [-0.25, -0.2) is 4.39 Å². The van der Waals surface area contributed by atoms with Gasteiger partial charge in [0.2, 0.25) is 0 Å². The second kappa shape index (κ2) is 5.14. The molecule has 0 aliphatic heterocycles. The van der Waals surface area contributed by atoms with Gasteiger partial charge in [-0.3, -0.25) is 9.78 Å². The minimum absolute atomic E-state index is 0.0378. The molecule has 1 amide bonds. The Kier molecular flexibility index (Phi) is 3.39. The summed E-state index contributed by atoms with van der Waals surface area (Å²) in [6, 6.07) is 6.81. The number of aromatic nitrogens is 1. The molecule has 0 unspecified atom stereocenters. The van der Waals surface area contributed by atoms with E-state index in [1.54, 1.807) is 6.07 Å². The molecule has 0 spiro atoms. The van der Waals surface area contributed by atoms with E-state index in [0.29, 0.717) is 0 Å². The molecule has 1 aromatic carbocycles. The molecule has 0 aliphatic rings. The van der Waals surface area contributed by atoms with Crippen molar-refractivity contribution in [1.82, 2.24) is 4.98 Å². The fourth-order valence-corrected chi connectivity index (χ4v) is 1.50. The number of hydrogen-bond donors (Lipinski definition) is 2. The number of carbonyl (C=O) groups excluding carboxylic acids is 1. The van der Waals surface area contributed by atoms with Gasteiger partial charge in [-0.1, -0.05) is 0 Å². The van der Waals surface area contributed by atoms with Gasteiger partial charge in [0, 0.05) is 18.1 Å². The predicted octanol–water partition coefficient (Wildman–Crippen LogP) is 1.93. The third-order valence-electron chi connectivity index (χ3n) is 2.45. The van der Waals surface area contributed by atoms with Crippen LogP contribution in [0, 0.1) is 17.1 Å². The van der Waals surface area contributed by atoms with Crippen LogP contribution in [0.15, 0.2) is 36.7 Å². The predicted molar refractivity (Wildman–Crippen MR) is 67.7 cm³/mol. The number of amides is 1. The fourth-order valence-electron chi connectivity index (χ4n) is 1.50. The molecular weight excluding hydrogens is 247 g/mol. The van der Waals surface area contributed by atoms with Crippen molar-refractivity contribution in [2.24, 2.45) is 0 Å². The second-order valence-corrected chi connectivity index (χ2v) is 3.72. The molecule has 0 fully saturated rings. The molecule has 2 aromatic rings. The van der Waals surface area contributed by atoms with E-state index in [1.165, 1.54) is 24.5 Å². The molecule has 5 nitrogen and oxygen atoms in total. The number of nitrogens with two attached hydrogens (primary N) is 1. The Labute approximate surface area is 108 Å². The molecule has 3 N–H and O–H groups in total. The minimum Gasteiger partial charge on any atom is -0.398 e. The molecule has 0 bridgehead atoms. The van der Waals surface area contributed by atoms with Crippen LogP contribution in [-0.2, 0) is 0 Å². The van der Waals surface area contributed by atoms with Gasteiger partial charge in [0.1, 0.15) is 11.9 Å². The number of nitriles is 1. The van der Waals surface area contributed by atoms with Crippen molar-refractivity contribution < 1.29 is 9.18 Å². The Balaban J connectivity index is 2.30. The maximum absolute atomic E-state index is 13.0. The first-order valence-electron chi connectivity index (χ1n) is 5.32. The van der Waals surface area contributed by atoms with Crippen molar-refractivity contribution in [3.63, 3.8) is 0 Å². The third kappa shape index (κ3) is 2.66. The van der Waals surface area contributed by atoms with Crippen molar-refractivity contribution >= 4 is 17.3 Å². The first-order chi connectivity index (χ1) is 9.11. The Morgan fingerprint density at radius 1 is 1.42 bits per heavy atom. The normalized spacial score (nSPS) is 9.68. The van der Waals surface area contributed by atoms with Gasteiger partial charge in [0.15, 0.2) is 0 Å². The summed E-state index contributed by atoms with van der Waals surface area (Å²) >= 11 is 0. The topological polar surface area (TPSA) is 91.8 Å². The molecule has 0 atom stereocenters. The average molecular weight is 256 g/mol. The lowest BCUT2D eigenvalue weighted by Crippen LogP contribution is -2.15. The van der Waals surface area contributed by atoms with Crippen molar-refractivity contribution in [2.75, 3.05) is 11.1 Å². The Hall–Kier alpha value is -2.94. The number of hydrogen-bond acceptors (Lipinski definition) is 4. The van der Waals surface area contributed by atoms with E-state index in [9.17, 15) is 9.18 Å². The molecular formula is C13H9FN4O. The number of nitrogen functional groups attached to an aromatic ring is 1. The number of pyridine rings is 1. The number of nitrogens with one attached hydrogen (secondary N) is 1. The van der Waals surface area contributed by atoms with E-state index in [4.69, 9.17) is 11.0 Å². The monoisotopic (exact) mass is 256 g/mol. The van der Waals surface area contributed by atoms with Crippen molar-refractivity contribution in [3.05, 3.63) is 53.6 Å². The summed E-state index contributed by atoms with van der Waals surface area (Å²) in [6.07, 6.45) is 2.78. The molecule has 1 aromatic heterocycles. The molecule has 0 saturated heterocycles. The summed E-state index contributed by atoms with van der Waals surface area (Å²) < 4.78 is 13.0. The Morgan fingerprint density at radius 3 is 2.89 bits per heavy atom. The van der Waals surface area contributed by atoms with Crippen molar-refractivity contribution in [2.45, 2.75) is 0 Å². The van der Waals surface area contributed by atoms with Crippen LogP contribution in [0.2, 0.25) is 0 Å². The molecule has 6 heteroatoms. The van der Waals surface area contributed by atoms with Crippen LogP contribution < -0.4 is 11.1 Å². The lowest BCUT2D eigenvalue weighted by Gasteiger charge is -2.08. The largest absolute Gasteiger partial charge is 0.398 e. The number of carbonyl (C=O) groups is 1.